The topological polar surface area (TPSA) is 41.5 Å². The molecule has 2 atom stereocenters. The molecule has 0 amide bonds. The van der Waals surface area contributed by atoms with Crippen molar-refractivity contribution in [3.63, 3.8) is 0 Å². The van der Waals surface area contributed by atoms with E-state index in [0.717, 1.165) is 32.5 Å². The molecule has 0 bridgehead atoms. The summed E-state index contributed by atoms with van der Waals surface area (Å²) in [5.41, 5.74) is -0.113. The molecule has 0 aromatic heterocycles. The third-order valence-electron chi connectivity index (χ3n) is 3.64. The first-order valence-corrected chi connectivity index (χ1v) is 7.01. The smallest absolute Gasteiger partial charge is 0.0613 e. The van der Waals surface area contributed by atoms with Gasteiger partial charge in [0.05, 0.1) is 6.61 Å². The molecule has 0 radical (unpaired) electrons. The molecule has 17 heavy (non-hydrogen) atoms. The molecule has 2 unspecified atom stereocenters. The maximum absolute atomic E-state index is 9.39. The van der Waals surface area contributed by atoms with Crippen molar-refractivity contribution in [2.24, 2.45) is 5.92 Å². The van der Waals surface area contributed by atoms with Gasteiger partial charge in [0, 0.05) is 18.8 Å². The van der Waals surface area contributed by atoms with E-state index in [9.17, 15) is 5.11 Å². The SMILES string of the molecule is CCCC(C)COCCCC(CC)(CO)NC. The summed E-state index contributed by atoms with van der Waals surface area (Å²) >= 11 is 0. The summed E-state index contributed by atoms with van der Waals surface area (Å²) in [6.07, 6.45) is 5.40. The number of aliphatic hydroxyl groups excluding tert-OH is 1. The van der Waals surface area contributed by atoms with Crippen molar-refractivity contribution in [2.45, 2.75) is 58.4 Å². The van der Waals surface area contributed by atoms with Crippen molar-refractivity contribution < 1.29 is 9.84 Å². The number of rotatable bonds is 11. The molecule has 104 valence electrons. The average molecular weight is 245 g/mol. The van der Waals surface area contributed by atoms with E-state index in [0.29, 0.717) is 5.92 Å². The Labute approximate surface area is 107 Å². The standard InChI is InChI=1S/C14H31NO2/c1-5-8-13(3)11-17-10-7-9-14(6-2,12-16)15-4/h13,15-16H,5-12H2,1-4H3. The molecule has 0 saturated heterocycles. The van der Waals surface area contributed by atoms with Gasteiger partial charge in [-0.3, -0.25) is 0 Å². The van der Waals surface area contributed by atoms with Crippen molar-refractivity contribution in [1.82, 2.24) is 5.32 Å². The van der Waals surface area contributed by atoms with Crippen LogP contribution in [0.2, 0.25) is 0 Å². The van der Waals surface area contributed by atoms with E-state index in [4.69, 9.17) is 4.74 Å². The van der Waals surface area contributed by atoms with Gasteiger partial charge in [0.25, 0.3) is 0 Å². The minimum absolute atomic E-state index is 0.113. The fourth-order valence-corrected chi connectivity index (χ4v) is 2.12. The van der Waals surface area contributed by atoms with E-state index in [1.165, 1.54) is 12.8 Å². The first-order chi connectivity index (χ1) is 8.14. The predicted molar refractivity (Wildman–Crippen MR) is 73.3 cm³/mol. The lowest BCUT2D eigenvalue weighted by Gasteiger charge is -2.30. The zero-order chi connectivity index (χ0) is 13.1. The molecule has 0 heterocycles. The molecular formula is C14H31NO2. The van der Waals surface area contributed by atoms with Crippen LogP contribution in [0.25, 0.3) is 0 Å². The van der Waals surface area contributed by atoms with Gasteiger partial charge in [-0.25, -0.2) is 0 Å². The van der Waals surface area contributed by atoms with Gasteiger partial charge in [-0.15, -0.1) is 0 Å². The zero-order valence-corrected chi connectivity index (χ0v) is 12.1. The van der Waals surface area contributed by atoms with Crippen LogP contribution in [-0.2, 0) is 4.74 Å². The molecule has 0 fully saturated rings. The molecule has 0 aromatic carbocycles. The Morgan fingerprint density at radius 3 is 2.53 bits per heavy atom. The second-order valence-corrected chi connectivity index (χ2v) is 5.11. The number of likely N-dealkylation sites (N-methyl/N-ethyl adjacent to an activating group) is 1. The molecule has 3 nitrogen and oxygen atoms in total. The van der Waals surface area contributed by atoms with Crippen LogP contribution in [0.5, 0.6) is 0 Å². The average Bonchev–Trinajstić information content (AvgIpc) is 2.35. The van der Waals surface area contributed by atoms with Crippen molar-refractivity contribution in [3.05, 3.63) is 0 Å². The van der Waals surface area contributed by atoms with Gasteiger partial charge in [0.1, 0.15) is 0 Å². The summed E-state index contributed by atoms with van der Waals surface area (Å²) < 4.78 is 5.67. The molecular weight excluding hydrogens is 214 g/mol. The van der Waals surface area contributed by atoms with Gasteiger partial charge in [-0.2, -0.15) is 0 Å². The van der Waals surface area contributed by atoms with Crippen molar-refractivity contribution in [3.8, 4) is 0 Å². The first kappa shape index (κ1) is 16.9. The van der Waals surface area contributed by atoms with Gasteiger partial charge >= 0.3 is 0 Å². The minimum atomic E-state index is -0.113. The second kappa shape index (κ2) is 9.86. The van der Waals surface area contributed by atoms with Crippen LogP contribution in [-0.4, -0.2) is 37.5 Å². The van der Waals surface area contributed by atoms with Crippen molar-refractivity contribution in [2.75, 3.05) is 26.9 Å². The highest BCUT2D eigenvalue weighted by Gasteiger charge is 2.24. The second-order valence-electron chi connectivity index (χ2n) is 5.11. The lowest BCUT2D eigenvalue weighted by Crippen LogP contribution is -2.46. The van der Waals surface area contributed by atoms with Crippen LogP contribution >= 0.6 is 0 Å². The first-order valence-electron chi connectivity index (χ1n) is 7.01. The van der Waals surface area contributed by atoms with E-state index in [-0.39, 0.29) is 12.1 Å². The Morgan fingerprint density at radius 1 is 1.35 bits per heavy atom. The van der Waals surface area contributed by atoms with Crippen LogP contribution in [0.15, 0.2) is 0 Å². The molecule has 0 aliphatic carbocycles. The van der Waals surface area contributed by atoms with Gasteiger partial charge in [-0.05, 0) is 38.6 Å². The molecule has 0 aromatic rings. The molecule has 0 aliphatic rings. The number of ether oxygens (including phenoxy) is 1. The van der Waals surface area contributed by atoms with Crippen LogP contribution in [0.1, 0.15) is 52.9 Å². The van der Waals surface area contributed by atoms with E-state index in [1.807, 2.05) is 7.05 Å². The lowest BCUT2D eigenvalue weighted by atomic mass is 9.92. The van der Waals surface area contributed by atoms with Crippen LogP contribution < -0.4 is 5.32 Å². The zero-order valence-electron chi connectivity index (χ0n) is 12.1. The molecule has 2 N–H and O–H groups in total. The fraction of sp³-hybridized carbons (Fsp3) is 1.00. The summed E-state index contributed by atoms with van der Waals surface area (Å²) in [7, 11) is 1.92. The highest BCUT2D eigenvalue weighted by Crippen LogP contribution is 2.16. The summed E-state index contributed by atoms with van der Waals surface area (Å²) in [4.78, 5) is 0. The Balaban J connectivity index is 3.62. The van der Waals surface area contributed by atoms with Crippen molar-refractivity contribution in [1.29, 1.82) is 0 Å². The monoisotopic (exact) mass is 245 g/mol. The molecule has 0 aliphatic heterocycles. The highest BCUT2D eigenvalue weighted by molar-refractivity contribution is 4.84. The van der Waals surface area contributed by atoms with E-state index in [2.05, 4.69) is 26.1 Å². The lowest BCUT2D eigenvalue weighted by molar-refractivity contribution is 0.0845. The summed E-state index contributed by atoms with van der Waals surface area (Å²) in [6.45, 7) is 8.42. The van der Waals surface area contributed by atoms with Gasteiger partial charge < -0.3 is 15.2 Å². The van der Waals surface area contributed by atoms with Crippen LogP contribution in [0.3, 0.4) is 0 Å². The molecule has 3 heteroatoms. The summed E-state index contributed by atoms with van der Waals surface area (Å²) in [5.74, 6) is 0.665. The fourth-order valence-electron chi connectivity index (χ4n) is 2.12. The van der Waals surface area contributed by atoms with E-state index >= 15 is 0 Å². The van der Waals surface area contributed by atoms with Crippen LogP contribution in [0, 0.1) is 5.92 Å². The molecule has 0 saturated carbocycles. The van der Waals surface area contributed by atoms with Crippen molar-refractivity contribution >= 4 is 0 Å². The van der Waals surface area contributed by atoms with Gasteiger partial charge in [0.15, 0.2) is 0 Å². The maximum atomic E-state index is 9.39. The maximum Gasteiger partial charge on any atom is 0.0613 e. The largest absolute Gasteiger partial charge is 0.394 e. The van der Waals surface area contributed by atoms with E-state index in [1.54, 1.807) is 0 Å². The minimum Gasteiger partial charge on any atom is -0.394 e. The number of aliphatic hydroxyl groups is 1. The van der Waals surface area contributed by atoms with Gasteiger partial charge in [0.2, 0.25) is 0 Å². The Kier molecular flexibility index (Phi) is 9.79. The normalized spacial score (nSPS) is 16.8. The highest BCUT2D eigenvalue weighted by atomic mass is 16.5. The number of hydrogen-bond donors (Lipinski definition) is 2. The third kappa shape index (κ3) is 7.02. The summed E-state index contributed by atoms with van der Waals surface area (Å²) in [6, 6.07) is 0. The van der Waals surface area contributed by atoms with Gasteiger partial charge in [-0.1, -0.05) is 27.2 Å². The molecule has 0 spiro atoms. The number of hydrogen-bond acceptors (Lipinski definition) is 3. The quantitative estimate of drug-likeness (QED) is 0.550. The summed E-state index contributed by atoms with van der Waals surface area (Å²) in [5, 5.41) is 12.6. The Hall–Kier alpha value is -0.120. The Morgan fingerprint density at radius 2 is 2.06 bits per heavy atom. The predicted octanol–water partition coefficient (Wildman–Crippen LogP) is 2.58. The van der Waals surface area contributed by atoms with Crippen LogP contribution in [0.4, 0.5) is 0 Å². The third-order valence-corrected chi connectivity index (χ3v) is 3.64. The number of nitrogens with one attached hydrogen (secondary N) is 1. The Bertz CT molecular complexity index is 161. The molecule has 0 rings (SSSR count). The van der Waals surface area contributed by atoms with E-state index < -0.39 is 0 Å².